The van der Waals surface area contributed by atoms with E-state index in [1.807, 2.05) is 0 Å². The summed E-state index contributed by atoms with van der Waals surface area (Å²) < 4.78 is 0. The maximum Gasteiger partial charge on any atom is 0.271 e. The Morgan fingerprint density at radius 1 is 1.53 bits per heavy atom. The fraction of sp³-hybridized carbons (Fsp3) is 0.222. The lowest BCUT2D eigenvalue weighted by molar-refractivity contribution is -0.384. The lowest BCUT2D eigenvalue weighted by Crippen LogP contribution is -2.04. The van der Waals surface area contributed by atoms with Crippen molar-refractivity contribution in [2.75, 3.05) is 11.6 Å². The van der Waals surface area contributed by atoms with Gasteiger partial charge in [-0.25, -0.2) is 0 Å². The molecule has 15 heavy (non-hydrogen) atoms. The highest BCUT2D eigenvalue weighted by Gasteiger charge is 2.13. The largest absolute Gasteiger partial charge is 0.398 e. The van der Waals surface area contributed by atoms with Gasteiger partial charge in [0.2, 0.25) is 0 Å². The van der Waals surface area contributed by atoms with Gasteiger partial charge >= 0.3 is 0 Å². The molecule has 0 atom stereocenters. The zero-order valence-corrected chi connectivity index (χ0v) is 8.53. The predicted octanol–water partition coefficient (Wildman–Crippen LogP) is 1.99. The van der Waals surface area contributed by atoms with Crippen molar-refractivity contribution in [2.45, 2.75) is 6.42 Å². The van der Waals surface area contributed by atoms with Crippen LogP contribution < -0.4 is 5.73 Å². The van der Waals surface area contributed by atoms with Crippen LogP contribution in [0, 0.1) is 10.1 Å². The number of halogens is 1. The normalized spacial score (nSPS) is 9.93. The molecule has 80 valence electrons. The summed E-state index contributed by atoms with van der Waals surface area (Å²) in [5.41, 5.74) is 5.78. The second-order valence-corrected chi connectivity index (χ2v) is 3.27. The average Bonchev–Trinajstić information content (AvgIpc) is 2.17. The fourth-order valence-corrected chi connectivity index (χ4v) is 1.31. The molecule has 0 aliphatic rings. The number of hydrogen-bond donors (Lipinski definition) is 1. The van der Waals surface area contributed by atoms with Crippen molar-refractivity contribution in [3.05, 3.63) is 33.9 Å². The second-order valence-electron chi connectivity index (χ2n) is 2.89. The van der Waals surface area contributed by atoms with Crippen LogP contribution in [0.15, 0.2) is 18.2 Å². The molecule has 0 radical (unpaired) electrons. The SMILES string of the molecule is Nc1cc([N+](=O)[O-])ccc1C(=O)CCCl. The van der Waals surface area contributed by atoms with Crippen molar-refractivity contribution < 1.29 is 9.72 Å². The minimum Gasteiger partial charge on any atom is -0.398 e. The van der Waals surface area contributed by atoms with Crippen molar-refractivity contribution >= 4 is 28.8 Å². The van der Waals surface area contributed by atoms with Crippen molar-refractivity contribution in [3.8, 4) is 0 Å². The second kappa shape index (κ2) is 4.75. The van der Waals surface area contributed by atoms with Gasteiger partial charge in [-0.2, -0.15) is 0 Å². The number of nitrogens with two attached hydrogens (primary N) is 1. The number of non-ortho nitro benzene ring substituents is 1. The number of benzene rings is 1. The van der Waals surface area contributed by atoms with E-state index in [1.165, 1.54) is 18.2 Å². The standard InChI is InChI=1S/C9H9ClN2O3/c10-4-3-9(13)7-2-1-6(12(14)15)5-8(7)11/h1-2,5H,3-4,11H2. The van der Waals surface area contributed by atoms with Gasteiger partial charge in [-0.15, -0.1) is 11.6 Å². The molecule has 0 spiro atoms. The predicted molar refractivity (Wildman–Crippen MR) is 57.2 cm³/mol. The van der Waals surface area contributed by atoms with Gasteiger partial charge in [0.15, 0.2) is 5.78 Å². The molecule has 0 fully saturated rings. The van der Waals surface area contributed by atoms with Crippen molar-refractivity contribution in [1.29, 1.82) is 0 Å². The summed E-state index contributed by atoms with van der Waals surface area (Å²) in [5, 5.41) is 10.4. The van der Waals surface area contributed by atoms with E-state index >= 15 is 0 Å². The Kier molecular flexibility index (Phi) is 3.62. The Labute approximate surface area is 91.0 Å². The third kappa shape index (κ3) is 2.66. The van der Waals surface area contributed by atoms with E-state index in [1.54, 1.807) is 0 Å². The molecule has 0 aromatic heterocycles. The molecule has 0 amide bonds. The highest BCUT2D eigenvalue weighted by molar-refractivity contribution is 6.19. The number of carbonyl (C=O) groups excluding carboxylic acids is 1. The highest BCUT2D eigenvalue weighted by atomic mass is 35.5. The number of hydrogen-bond acceptors (Lipinski definition) is 4. The van der Waals surface area contributed by atoms with Crippen LogP contribution in [-0.4, -0.2) is 16.6 Å². The lowest BCUT2D eigenvalue weighted by atomic mass is 10.1. The molecule has 0 aliphatic carbocycles. The Morgan fingerprint density at radius 2 is 2.20 bits per heavy atom. The van der Waals surface area contributed by atoms with Gasteiger partial charge in [0.1, 0.15) is 0 Å². The van der Waals surface area contributed by atoms with Gasteiger partial charge in [0.25, 0.3) is 5.69 Å². The van der Waals surface area contributed by atoms with Crippen LogP contribution >= 0.6 is 11.6 Å². The zero-order valence-electron chi connectivity index (χ0n) is 7.77. The van der Waals surface area contributed by atoms with Crippen molar-refractivity contribution in [2.24, 2.45) is 0 Å². The van der Waals surface area contributed by atoms with E-state index in [2.05, 4.69) is 0 Å². The number of ketones is 1. The molecule has 0 saturated heterocycles. The number of alkyl halides is 1. The molecular weight excluding hydrogens is 220 g/mol. The van der Waals surface area contributed by atoms with Crippen LogP contribution in [0.1, 0.15) is 16.8 Å². The number of nitrogens with zero attached hydrogens (tertiary/aromatic N) is 1. The van der Waals surface area contributed by atoms with E-state index in [0.29, 0.717) is 0 Å². The molecular formula is C9H9ClN2O3. The van der Waals surface area contributed by atoms with Crippen molar-refractivity contribution in [1.82, 2.24) is 0 Å². The fourth-order valence-electron chi connectivity index (χ4n) is 1.14. The molecule has 0 heterocycles. The minimum atomic E-state index is -0.563. The van der Waals surface area contributed by atoms with E-state index in [9.17, 15) is 14.9 Å². The molecule has 0 saturated carbocycles. The maximum atomic E-state index is 11.4. The Bertz CT molecular complexity index is 406. The average molecular weight is 229 g/mol. The molecule has 1 aromatic rings. The van der Waals surface area contributed by atoms with Gasteiger partial charge in [0, 0.05) is 35.7 Å². The van der Waals surface area contributed by atoms with Crippen LogP contribution in [-0.2, 0) is 0 Å². The molecule has 6 heteroatoms. The van der Waals surface area contributed by atoms with Gasteiger partial charge in [0.05, 0.1) is 4.92 Å². The molecule has 2 N–H and O–H groups in total. The van der Waals surface area contributed by atoms with Crippen LogP contribution in [0.4, 0.5) is 11.4 Å². The maximum absolute atomic E-state index is 11.4. The Morgan fingerprint density at radius 3 is 2.67 bits per heavy atom. The van der Waals surface area contributed by atoms with Crippen molar-refractivity contribution in [3.63, 3.8) is 0 Å². The van der Waals surface area contributed by atoms with Gasteiger partial charge < -0.3 is 5.73 Å². The summed E-state index contributed by atoms with van der Waals surface area (Å²) >= 11 is 5.41. The first-order valence-electron chi connectivity index (χ1n) is 4.19. The van der Waals surface area contributed by atoms with Crippen LogP contribution in [0.2, 0.25) is 0 Å². The molecule has 0 bridgehead atoms. The zero-order chi connectivity index (χ0) is 11.4. The number of rotatable bonds is 4. The smallest absolute Gasteiger partial charge is 0.271 e. The van der Waals surface area contributed by atoms with Gasteiger partial charge in [-0.05, 0) is 6.07 Å². The quantitative estimate of drug-likeness (QED) is 0.281. The number of carbonyl (C=O) groups is 1. The molecule has 5 nitrogen and oxygen atoms in total. The number of nitro groups is 1. The Hall–Kier alpha value is -1.62. The van der Waals surface area contributed by atoms with E-state index in [4.69, 9.17) is 17.3 Å². The first-order valence-corrected chi connectivity index (χ1v) is 4.72. The summed E-state index contributed by atoms with van der Waals surface area (Å²) in [4.78, 5) is 21.3. The van der Waals surface area contributed by atoms with Gasteiger partial charge in [-0.3, -0.25) is 14.9 Å². The van der Waals surface area contributed by atoms with Gasteiger partial charge in [-0.1, -0.05) is 0 Å². The lowest BCUT2D eigenvalue weighted by Gasteiger charge is -2.02. The monoisotopic (exact) mass is 228 g/mol. The summed E-state index contributed by atoms with van der Waals surface area (Å²) in [6, 6.07) is 3.77. The molecule has 1 aromatic carbocycles. The number of nitro benzene ring substituents is 1. The first kappa shape index (κ1) is 11.5. The summed E-state index contributed by atoms with van der Waals surface area (Å²) in [6.45, 7) is 0. The molecule has 1 rings (SSSR count). The molecule has 0 aliphatic heterocycles. The topological polar surface area (TPSA) is 86.2 Å². The third-order valence-corrected chi connectivity index (χ3v) is 2.06. The number of Topliss-reactive ketones (excluding diaryl/α,β-unsaturated/α-hetero) is 1. The van der Waals surface area contributed by atoms with E-state index < -0.39 is 4.92 Å². The summed E-state index contributed by atoms with van der Waals surface area (Å²) in [6.07, 6.45) is 0.170. The minimum absolute atomic E-state index is 0.110. The number of anilines is 1. The first-order chi connectivity index (χ1) is 7.06. The summed E-state index contributed by atoms with van der Waals surface area (Å²) in [7, 11) is 0. The molecule has 0 unspecified atom stereocenters. The van der Waals surface area contributed by atoms with E-state index in [-0.39, 0.29) is 35.0 Å². The van der Waals surface area contributed by atoms with E-state index in [0.717, 1.165) is 0 Å². The van der Waals surface area contributed by atoms with Crippen LogP contribution in [0.3, 0.4) is 0 Å². The van der Waals surface area contributed by atoms with Crippen LogP contribution in [0.5, 0.6) is 0 Å². The third-order valence-electron chi connectivity index (χ3n) is 1.87. The summed E-state index contributed by atoms with van der Waals surface area (Å²) in [5.74, 6) is -0.00711. The number of nitrogen functional groups attached to an aromatic ring is 1. The highest BCUT2D eigenvalue weighted by Crippen LogP contribution is 2.20. The Balaban J connectivity index is 3.03. The van der Waals surface area contributed by atoms with Crippen LogP contribution in [0.25, 0.3) is 0 Å².